The summed E-state index contributed by atoms with van der Waals surface area (Å²) in [5.74, 6) is -0.181. The fourth-order valence-corrected chi connectivity index (χ4v) is 5.57. The molecule has 0 bridgehead atoms. The van der Waals surface area contributed by atoms with Gasteiger partial charge in [-0.2, -0.15) is 4.31 Å². The zero-order valence-electron chi connectivity index (χ0n) is 17.5. The number of nitrogens with zero attached hydrogens (tertiary/aromatic N) is 1. The van der Waals surface area contributed by atoms with Crippen LogP contribution in [-0.2, 0) is 14.8 Å². The van der Waals surface area contributed by atoms with Crippen molar-refractivity contribution in [1.82, 2.24) is 9.62 Å². The molecule has 0 aliphatic carbocycles. The standard InChI is InChI=1S/C22H35ClN2O3S/c1-2-3-4-5-6-7-8-11-18-25(21-12-9-10-17-24-22(21)26)29(27,28)20-15-13-19(23)14-16-20/h13-16,21H,2-12,17-18H2,1H3,(H,24,26). The first-order valence-electron chi connectivity index (χ1n) is 11.0. The first-order chi connectivity index (χ1) is 14.0. The van der Waals surface area contributed by atoms with Crippen molar-refractivity contribution in [2.75, 3.05) is 13.1 Å². The Morgan fingerprint density at radius 3 is 2.28 bits per heavy atom. The second kappa shape index (κ2) is 12.6. The molecule has 5 nitrogen and oxygen atoms in total. The van der Waals surface area contributed by atoms with Gasteiger partial charge in [0.05, 0.1) is 4.90 Å². The lowest BCUT2D eigenvalue weighted by atomic mass is 10.1. The topological polar surface area (TPSA) is 66.5 Å². The highest BCUT2D eigenvalue weighted by molar-refractivity contribution is 7.89. The van der Waals surface area contributed by atoms with Crippen molar-refractivity contribution in [3.8, 4) is 0 Å². The molecule has 1 N–H and O–H groups in total. The van der Waals surface area contributed by atoms with Crippen LogP contribution in [0.15, 0.2) is 29.2 Å². The van der Waals surface area contributed by atoms with Crippen LogP contribution in [-0.4, -0.2) is 37.8 Å². The van der Waals surface area contributed by atoms with Crippen LogP contribution in [0.3, 0.4) is 0 Å². The Morgan fingerprint density at radius 1 is 1.00 bits per heavy atom. The van der Waals surface area contributed by atoms with E-state index >= 15 is 0 Å². The summed E-state index contributed by atoms with van der Waals surface area (Å²) in [6, 6.07) is 5.56. The van der Waals surface area contributed by atoms with Gasteiger partial charge in [-0.1, -0.05) is 63.5 Å². The van der Waals surface area contributed by atoms with Crippen molar-refractivity contribution in [3.05, 3.63) is 29.3 Å². The fourth-order valence-electron chi connectivity index (χ4n) is 3.78. The molecular weight excluding hydrogens is 408 g/mol. The number of amides is 1. The van der Waals surface area contributed by atoms with Gasteiger partial charge in [-0.05, 0) is 49.9 Å². The number of nitrogens with one attached hydrogen (secondary N) is 1. The molecule has 1 aromatic carbocycles. The Bertz CT molecular complexity index is 722. The van der Waals surface area contributed by atoms with E-state index < -0.39 is 16.1 Å². The minimum absolute atomic E-state index is 0.181. The monoisotopic (exact) mass is 442 g/mol. The van der Waals surface area contributed by atoms with Gasteiger partial charge in [0.1, 0.15) is 6.04 Å². The number of unbranched alkanes of at least 4 members (excludes halogenated alkanes) is 7. The molecule has 1 aromatic rings. The van der Waals surface area contributed by atoms with Gasteiger partial charge in [0, 0.05) is 18.1 Å². The van der Waals surface area contributed by atoms with E-state index in [0.717, 1.165) is 32.1 Å². The van der Waals surface area contributed by atoms with E-state index in [1.807, 2.05) is 0 Å². The molecule has 164 valence electrons. The summed E-state index contributed by atoms with van der Waals surface area (Å²) in [6.07, 6.45) is 11.4. The second-order valence-electron chi connectivity index (χ2n) is 7.85. The maximum Gasteiger partial charge on any atom is 0.243 e. The molecule has 0 spiro atoms. The van der Waals surface area contributed by atoms with Gasteiger partial charge in [0.2, 0.25) is 15.9 Å². The molecule has 0 saturated carbocycles. The van der Waals surface area contributed by atoms with E-state index in [4.69, 9.17) is 11.6 Å². The quantitative estimate of drug-likeness (QED) is 0.455. The molecule has 1 aliphatic heterocycles. The third-order valence-electron chi connectivity index (χ3n) is 5.51. The molecule has 1 fully saturated rings. The molecule has 1 unspecified atom stereocenters. The Balaban J connectivity index is 2.05. The van der Waals surface area contributed by atoms with Crippen LogP contribution >= 0.6 is 11.6 Å². The molecule has 0 radical (unpaired) electrons. The van der Waals surface area contributed by atoms with Crippen LogP contribution in [0, 0.1) is 0 Å². The molecule has 0 aromatic heterocycles. The lowest BCUT2D eigenvalue weighted by Gasteiger charge is -2.29. The zero-order valence-corrected chi connectivity index (χ0v) is 19.1. The highest BCUT2D eigenvalue weighted by Gasteiger charge is 2.35. The van der Waals surface area contributed by atoms with Crippen LogP contribution in [0.25, 0.3) is 0 Å². The lowest BCUT2D eigenvalue weighted by molar-refractivity contribution is -0.124. The lowest BCUT2D eigenvalue weighted by Crippen LogP contribution is -2.49. The van der Waals surface area contributed by atoms with Gasteiger partial charge < -0.3 is 5.32 Å². The highest BCUT2D eigenvalue weighted by atomic mass is 35.5. The molecule has 7 heteroatoms. The molecule has 29 heavy (non-hydrogen) atoms. The molecular formula is C22H35ClN2O3S. The van der Waals surface area contributed by atoms with Crippen molar-refractivity contribution in [1.29, 1.82) is 0 Å². The van der Waals surface area contributed by atoms with Gasteiger partial charge in [-0.25, -0.2) is 8.42 Å². The Labute approximate surface area is 181 Å². The fraction of sp³-hybridized carbons (Fsp3) is 0.682. The Morgan fingerprint density at radius 2 is 1.62 bits per heavy atom. The number of sulfonamides is 1. The predicted molar refractivity (Wildman–Crippen MR) is 119 cm³/mol. The van der Waals surface area contributed by atoms with Crippen LogP contribution in [0.1, 0.15) is 77.6 Å². The summed E-state index contributed by atoms with van der Waals surface area (Å²) >= 11 is 5.93. The number of hydrogen-bond acceptors (Lipinski definition) is 3. The third kappa shape index (κ3) is 7.58. The van der Waals surface area contributed by atoms with Gasteiger partial charge >= 0.3 is 0 Å². The molecule has 1 heterocycles. The second-order valence-corrected chi connectivity index (χ2v) is 10.2. The zero-order chi connectivity index (χ0) is 21.1. The molecule has 1 atom stereocenters. The van der Waals surface area contributed by atoms with E-state index in [1.54, 1.807) is 12.1 Å². The summed E-state index contributed by atoms with van der Waals surface area (Å²) in [5, 5.41) is 3.36. The maximum atomic E-state index is 13.3. The van der Waals surface area contributed by atoms with Crippen LogP contribution in [0.2, 0.25) is 5.02 Å². The van der Waals surface area contributed by atoms with Crippen LogP contribution in [0.5, 0.6) is 0 Å². The van der Waals surface area contributed by atoms with E-state index in [2.05, 4.69) is 12.2 Å². The third-order valence-corrected chi connectivity index (χ3v) is 7.68. The predicted octanol–water partition coefficient (Wildman–Crippen LogP) is 5.14. The van der Waals surface area contributed by atoms with Gasteiger partial charge in [-0.15, -0.1) is 0 Å². The van der Waals surface area contributed by atoms with Crippen molar-refractivity contribution in [2.24, 2.45) is 0 Å². The van der Waals surface area contributed by atoms with Crippen LogP contribution < -0.4 is 5.32 Å². The molecule has 1 saturated heterocycles. The number of benzene rings is 1. The molecule has 1 aliphatic rings. The summed E-state index contributed by atoms with van der Waals surface area (Å²) < 4.78 is 28.1. The molecule has 2 rings (SSSR count). The average Bonchev–Trinajstić information content (AvgIpc) is 2.91. The van der Waals surface area contributed by atoms with Crippen molar-refractivity contribution >= 4 is 27.5 Å². The first kappa shape index (κ1) is 24.2. The largest absolute Gasteiger partial charge is 0.355 e. The molecule has 1 amide bonds. The summed E-state index contributed by atoms with van der Waals surface area (Å²) in [4.78, 5) is 12.8. The van der Waals surface area contributed by atoms with E-state index in [1.165, 1.54) is 48.5 Å². The Kier molecular flexibility index (Phi) is 10.5. The average molecular weight is 443 g/mol. The summed E-state index contributed by atoms with van der Waals surface area (Å²) in [7, 11) is -3.76. The van der Waals surface area contributed by atoms with E-state index in [9.17, 15) is 13.2 Å². The smallest absolute Gasteiger partial charge is 0.243 e. The first-order valence-corrected chi connectivity index (χ1v) is 12.8. The minimum atomic E-state index is -3.76. The maximum absolute atomic E-state index is 13.3. The van der Waals surface area contributed by atoms with E-state index in [-0.39, 0.29) is 10.8 Å². The Hall–Kier alpha value is -1.11. The highest BCUT2D eigenvalue weighted by Crippen LogP contribution is 2.24. The number of carbonyl (C=O) groups is 1. The van der Waals surface area contributed by atoms with Crippen molar-refractivity contribution < 1.29 is 13.2 Å². The minimum Gasteiger partial charge on any atom is -0.355 e. The van der Waals surface area contributed by atoms with Gasteiger partial charge in [0.15, 0.2) is 0 Å². The number of halogens is 1. The van der Waals surface area contributed by atoms with Crippen molar-refractivity contribution in [2.45, 2.75) is 88.5 Å². The number of rotatable bonds is 12. The number of hydrogen-bond donors (Lipinski definition) is 1. The van der Waals surface area contributed by atoms with Crippen molar-refractivity contribution in [3.63, 3.8) is 0 Å². The SMILES string of the molecule is CCCCCCCCCCN(C1CCCCNC1=O)S(=O)(=O)c1ccc(Cl)cc1. The summed E-state index contributed by atoms with van der Waals surface area (Å²) in [5.41, 5.74) is 0. The van der Waals surface area contributed by atoms with Gasteiger partial charge in [-0.3, -0.25) is 4.79 Å². The summed E-state index contributed by atoms with van der Waals surface area (Å²) in [6.45, 7) is 3.19. The van der Waals surface area contributed by atoms with Gasteiger partial charge in [0.25, 0.3) is 0 Å². The van der Waals surface area contributed by atoms with Crippen LogP contribution in [0.4, 0.5) is 0 Å². The number of carbonyl (C=O) groups excluding carboxylic acids is 1. The van der Waals surface area contributed by atoms with E-state index in [0.29, 0.717) is 24.5 Å². The normalized spacial score (nSPS) is 17.9.